The Labute approximate surface area is 85.6 Å². The van der Waals surface area contributed by atoms with Crippen molar-refractivity contribution < 1.29 is 5.11 Å². The van der Waals surface area contributed by atoms with Crippen LogP contribution in [0.1, 0.15) is 33.6 Å². The van der Waals surface area contributed by atoms with Crippen LogP contribution in [0.3, 0.4) is 0 Å². The first-order chi connectivity index (χ1) is 6.33. The lowest BCUT2D eigenvalue weighted by Gasteiger charge is -2.27. The number of rotatable bonds is 6. The largest absolute Gasteiger partial charge is 0.376 e. The van der Waals surface area contributed by atoms with Crippen molar-refractivity contribution in [3.8, 4) is 0 Å². The molecule has 0 aromatic heterocycles. The van der Waals surface area contributed by atoms with E-state index in [0.717, 1.165) is 6.42 Å². The quantitative estimate of drug-likeness (QED) is 0.181. The Bertz CT molecular complexity index is 180. The second-order valence-corrected chi connectivity index (χ2v) is 4.02. The molecule has 0 radical (unpaired) electrons. The van der Waals surface area contributed by atoms with Gasteiger partial charge in [-0.05, 0) is 33.6 Å². The van der Waals surface area contributed by atoms with Crippen molar-refractivity contribution in [2.24, 2.45) is 5.73 Å². The topological polar surface area (TPSA) is 94.2 Å². The molecule has 0 spiro atoms. The molecule has 0 saturated carbocycles. The molecular weight excluding hydrogens is 180 g/mol. The average molecular weight is 202 g/mol. The smallest absolute Gasteiger partial charge is 0.185 e. The predicted molar refractivity (Wildman–Crippen MR) is 58.0 cm³/mol. The van der Waals surface area contributed by atoms with Crippen LogP contribution in [0.5, 0.6) is 0 Å². The fourth-order valence-corrected chi connectivity index (χ4v) is 1.35. The lowest BCUT2D eigenvalue weighted by atomic mass is 10.1. The number of hydrogen-bond acceptors (Lipinski definition) is 3. The van der Waals surface area contributed by atoms with E-state index in [1.807, 2.05) is 13.8 Å². The first kappa shape index (κ1) is 13.2. The zero-order chi connectivity index (χ0) is 11.2. The lowest BCUT2D eigenvalue weighted by molar-refractivity contribution is 0.00653. The summed E-state index contributed by atoms with van der Waals surface area (Å²) >= 11 is 0. The maximum atomic E-state index is 9.83. The summed E-state index contributed by atoms with van der Waals surface area (Å²) in [5.74, 6) is -0.0264. The van der Waals surface area contributed by atoms with E-state index in [4.69, 9.17) is 11.1 Å². The third-order valence-corrected chi connectivity index (χ3v) is 1.76. The predicted octanol–water partition coefficient (Wildman–Crippen LogP) is -0.0438. The van der Waals surface area contributed by atoms with Gasteiger partial charge in [-0.1, -0.05) is 0 Å². The highest BCUT2D eigenvalue weighted by molar-refractivity contribution is 5.74. The van der Waals surface area contributed by atoms with Crippen molar-refractivity contribution in [1.82, 2.24) is 10.6 Å². The Morgan fingerprint density at radius 1 is 1.57 bits per heavy atom. The summed E-state index contributed by atoms with van der Waals surface area (Å²) in [6, 6.07) is 0.255. The molecule has 0 aromatic rings. The van der Waals surface area contributed by atoms with E-state index in [1.54, 1.807) is 6.92 Å². The van der Waals surface area contributed by atoms with Gasteiger partial charge in [-0.3, -0.25) is 10.7 Å². The van der Waals surface area contributed by atoms with Crippen molar-refractivity contribution in [3.63, 3.8) is 0 Å². The van der Waals surface area contributed by atoms with Crippen molar-refractivity contribution >= 4 is 5.96 Å². The molecule has 0 bridgehead atoms. The fraction of sp³-hybridized carbons (Fsp3) is 0.889. The van der Waals surface area contributed by atoms with E-state index in [-0.39, 0.29) is 12.0 Å². The molecule has 1 atom stereocenters. The minimum Gasteiger partial charge on any atom is -0.376 e. The van der Waals surface area contributed by atoms with E-state index in [1.165, 1.54) is 0 Å². The summed E-state index contributed by atoms with van der Waals surface area (Å²) in [7, 11) is 0. The molecule has 0 heterocycles. The van der Waals surface area contributed by atoms with Gasteiger partial charge in [0.1, 0.15) is 5.72 Å². The van der Waals surface area contributed by atoms with Crippen LogP contribution >= 0.6 is 0 Å². The van der Waals surface area contributed by atoms with E-state index >= 15 is 0 Å². The summed E-state index contributed by atoms with van der Waals surface area (Å²) in [4.78, 5) is 0. The Hall–Kier alpha value is -0.810. The molecule has 0 aromatic carbocycles. The molecule has 0 rings (SSSR count). The number of guanidine groups is 1. The molecule has 0 fully saturated rings. The minimum atomic E-state index is -0.841. The van der Waals surface area contributed by atoms with E-state index in [2.05, 4.69) is 10.6 Å². The van der Waals surface area contributed by atoms with Crippen molar-refractivity contribution in [1.29, 1.82) is 5.41 Å². The first-order valence-electron chi connectivity index (χ1n) is 4.91. The van der Waals surface area contributed by atoms with Gasteiger partial charge >= 0.3 is 0 Å². The van der Waals surface area contributed by atoms with Crippen molar-refractivity contribution in [3.05, 3.63) is 0 Å². The average Bonchev–Trinajstić information content (AvgIpc) is 1.95. The SMILES string of the molecule is CC(C)NC(C)(O)CCCNC(=N)N. The van der Waals surface area contributed by atoms with Crippen molar-refractivity contribution in [2.45, 2.75) is 45.4 Å². The van der Waals surface area contributed by atoms with Crippen LogP contribution in [0.2, 0.25) is 0 Å². The van der Waals surface area contributed by atoms with Crippen LogP contribution in [0.15, 0.2) is 0 Å². The number of aliphatic hydroxyl groups is 1. The molecule has 5 nitrogen and oxygen atoms in total. The molecule has 0 amide bonds. The summed E-state index contributed by atoms with van der Waals surface area (Å²) in [5, 5.41) is 22.5. The zero-order valence-electron chi connectivity index (χ0n) is 9.22. The highest BCUT2D eigenvalue weighted by Gasteiger charge is 2.19. The summed E-state index contributed by atoms with van der Waals surface area (Å²) < 4.78 is 0. The molecule has 84 valence electrons. The van der Waals surface area contributed by atoms with E-state index in [0.29, 0.717) is 13.0 Å². The third kappa shape index (κ3) is 7.82. The zero-order valence-corrected chi connectivity index (χ0v) is 9.22. The van der Waals surface area contributed by atoms with Gasteiger partial charge in [0.15, 0.2) is 5.96 Å². The maximum Gasteiger partial charge on any atom is 0.185 e. The Morgan fingerprint density at radius 2 is 2.14 bits per heavy atom. The molecule has 5 heteroatoms. The Morgan fingerprint density at radius 3 is 2.57 bits per heavy atom. The van der Waals surface area contributed by atoms with Gasteiger partial charge in [-0.15, -0.1) is 0 Å². The van der Waals surface area contributed by atoms with Crippen LogP contribution in [-0.4, -0.2) is 29.4 Å². The van der Waals surface area contributed by atoms with Crippen LogP contribution in [0.25, 0.3) is 0 Å². The molecule has 0 saturated heterocycles. The summed E-state index contributed by atoms with van der Waals surface area (Å²) in [6.45, 7) is 6.34. The van der Waals surface area contributed by atoms with Crippen LogP contribution in [0, 0.1) is 5.41 Å². The van der Waals surface area contributed by atoms with Crippen molar-refractivity contribution in [2.75, 3.05) is 6.54 Å². The first-order valence-corrected chi connectivity index (χ1v) is 4.91. The van der Waals surface area contributed by atoms with Crippen LogP contribution in [-0.2, 0) is 0 Å². The van der Waals surface area contributed by atoms with Gasteiger partial charge in [-0.2, -0.15) is 0 Å². The number of nitrogens with one attached hydrogen (secondary N) is 3. The highest BCUT2D eigenvalue weighted by atomic mass is 16.3. The van der Waals surface area contributed by atoms with Crippen LogP contribution in [0.4, 0.5) is 0 Å². The molecule has 0 aliphatic rings. The standard InChI is InChI=1S/C9H22N4O/c1-7(2)13-9(3,14)5-4-6-12-8(10)11/h7,13-14H,4-6H2,1-3H3,(H4,10,11,12). The van der Waals surface area contributed by atoms with Gasteiger partial charge in [0.05, 0.1) is 0 Å². The number of hydrogen-bond donors (Lipinski definition) is 5. The second kappa shape index (κ2) is 5.82. The summed E-state index contributed by atoms with van der Waals surface area (Å²) in [6.07, 6.45) is 1.40. The molecular formula is C9H22N4O. The van der Waals surface area contributed by atoms with E-state index in [9.17, 15) is 5.11 Å². The van der Waals surface area contributed by atoms with Gasteiger partial charge < -0.3 is 16.2 Å². The van der Waals surface area contributed by atoms with Gasteiger partial charge in [-0.25, -0.2) is 0 Å². The number of nitrogens with two attached hydrogens (primary N) is 1. The van der Waals surface area contributed by atoms with Gasteiger partial charge in [0, 0.05) is 12.6 Å². The second-order valence-electron chi connectivity index (χ2n) is 4.02. The molecule has 0 aliphatic heterocycles. The summed E-state index contributed by atoms with van der Waals surface area (Å²) in [5.41, 5.74) is 4.28. The third-order valence-electron chi connectivity index (χ3n) is 1.76. The van der Waals surface area contributed by atoms with Gasteiger partial charge in [0.25, 0.3) is 0 Å². The molecule has 1 unspecified atom stereocenters. The van der Waals surface area contributed by atoms with Gasteiger partial charge in [0.2, 0.25) is 0 Å². The Balaban J connectivity index is 3.60. The molecule has 14 heavy (non-hydrogen) atoms. The minimum absolute atomic E-state index is 0.0264. The molecule has 6 N–H and O–H groups in total. The fourth-order valence-electron chi connectivity index (χ4n) is 1.35. The highest BCUT2D eigenvalue weighted by Crippen LogP contribution is 2.08. The van der Waals surface area contributed by atoms with Crippen LogP contribution < -0.4 is 16.4 Å². The lowest BCUT2D eigenvalue weighted by Crippen LogP contribution is -2.46. The monoisotopic (exact) mass is 202 g/mol. The normalized spacial score (nSPS) is 15.2. The molecule has 0 aliphatic carbocycles. The van der Waals surface area contributed by atoms with E-state index < -0.39 is 5.72 Å². The maximum absolute atomic E-state index is 9.83. The Kier molecular flexibility index (Phi) is 5.49.